The van der Waals surface area contributed by atoms with Crippen LogP contribution in [0, 0.1) is 6.92 Å². The molecule has 1 aromatic carbocycles. The van der Waals surface area contributed by atoms with Crippen molar-refractivity contribution < 1.29 is 9.53 Å². The van der Waals surface area contributed by atoms with Crippen molar-refractivity contribution in [2.45, 2.75) is 20.8 Å². The molecule has 0 fully saturated rings. The quantitative estimate of drug-likeness (QED) is 0.670. The molecule has 0 aromatic heterocycles. The van der Waals surface area contributed by atoms with Gasteiger partial charge >= 0.3 is 5.97 Å². The minimum atomic E-state index is -0.403. The Kier molecular flexibility index (Phi) is 5.97. The van der Waals surface area contributed by atoms with Crippen molar-refractivity contribution in [3.63, 3.8) is 0 Å². The first kappa shape index (κ1) is 13.0. The van der Waals surface area contributed by atoms with Gasteiger partial charge in [0.25, 0.3) is 0 Å². The molecule has 2 nitrogen and oxygen atoms in total. The third-order valence-corrected chi connectivity index (χ3v) is 1.84. The zero-order valence-corrected chi connectivity index (χ0v) is 9.68. The molecule has 0 bridgehead atoms. The van der Waals surface area contributed by atoms with E-state index in [4.69, 9.17) is 11.6 Å². The van der Waals surface area contributed by atoms with E-state index < -0.39 is 5.97 Å². The maximum Gasteiger partial charge on any atom is 0.339 e. The molecule has 0 atom stereocenters. The molecule has 0 radical (unpaired) electrons. The van der Waals surface area contributed by atoms with E-state index in [0.29, 0.717) is 10.6 Å². The monoisotopic (exact) mass is 214 g/mol. The lowest BCUT2D eigenvalue weighted by Crippen LogP contribution is -2.01. The lowest BCUT2D eigenvalue weighted by Gasteiger charge is -2.01. The molecule has 0 saturated carbocycles. The highest BCUT2D eigenvalue weighted by atomic mass is 35.5. The van der Waals surface area contributed by atoms with E-state index in [1.165, 1.54) is 7.11 Å². The van der Waals surface area contributed by atoms with Gasteiger partial charge in [-0.05, 0) is 24.6 Å². The Morgan fingerprint density at radius 2 is 1.93 bits per heavy atom. The van der Waals surface area contributed by atoms with Gasteiger partial charge in [-0.25, -0.2) is 4.79 Å². The fraction of sp³-hybridized carbons (Fsp3) is 0.364. The summed E-state index contributed by atoms with van der Waals surface area (Å²) in [6, 6.07) is 5.20. The number of aryl methyl sites for hydroxylation is 1. The van der Waals surface area contributed by atoms with Crippen LogP contribution >= 0.6 is 11.6 Å². The third-order valence-electron chi connectivity index (χ3n) is 1.53. The Morgan fingerprint density at radius 1 is 1.36 bits per heavy atom. The van der Waals surface area contributed by atoms with Crippen molar-refractivity contribution in [2.24, 2.45) is 0 Å². The van der Waals surface area contributed by atoms with Gasteiger partial charge in [0.1, 0.15) is 0 Å². The molecular formula is C11H15ClO2. The highest BCUT2D eigenvalue weighted by Crippen LogP contribution is 2.17. The first-order valence-electron chi connectivity index (χ1n) is 4.49. The minimum Gasteiger partial charge on any atom is -0.465 e. The molecule has 0 unspecified atom stereocenters. The van der Waals surface area contributed by atoms with Gasteiger partial charge < -0.3 is 4.74 Å². The predicted octanol–water partition coefficient (Wildman–Crippen LogP) is 3.46. The third kappa shape index (κ3) is 3.38. The van der Waals surface area contributed by atoms with Crippen LogP contribution in [0.25, 0.3) is 0 Å². The maximum absolute atomic E-state index is 11.0. The van der Waals surface area contributed by atoms with Crippen LogP contribution in [0.15, 0.2) is 18.2 Å². The van der Waals surface area contributed by atoms with E-state index >= 15 is 0 Å². The molecule has 0 aliphatic rings. The Bertz CT molecular complexity index is 308. The molecule has 0 amide bonds. The summed E-state index contributed by atoms with van der Waals surface area (Å²) in [7, 11) is 1.33. The molecule has 0 spiro atoms. The number of halogens is 1. The van der Waals surface area contributed by atoms with E-state index in [9.17, 15) is 4.79 Å². The van der Waals surface area contributed by atoms with Crippen LogP contribution in [0.1, 0.15) is 29.8 Å². The van der Waals surface area contributed by atoms with Crippen LogP contribution in [0.5, 0.6) is 0 Å². The number of hydrogen-bond donors (Lipinski definition) is 0. The van der Waals surface area contributed by atoms with E-state index in [1.54, 1.807) is 12.1 Å². The molecule has 0 aliphatic heterocycles. The standard InChI is InChI=1S/C9H9ClO2.C2H6/c1-6-3-4-7(8(10)5-6)9(11)12-2;1-2/h3-5H,1-2H3;1-2H3. The van der Waals surface area contributed by atoms with Gasteiger partial charge in [-0.1, -0.05) is 31.5 Å². The van der Waals surface area contributed by atoms with Crippen molar-refractivity contribution in [3.05, 3.63) is 34.3 Å². The predicted molar refractivity (Wildman–Crippen MR) is 58.9 cm³/mol. The van der Waals surface area contributed by atoms with Crippen LogP contribution in [0.3, 0.4) is 0 Å². The number of ether oxygens (including phenoxy) is 1. The van der Waals surface area contributed by atoms with Gasteiger partial charge in [-0.3, -0.25) is 0 Å². The zero-order chi connectivity index (χ0) is 11.1. The number of hydrogen-bond acceptors (Lipinski definition) is 2. The fourth-order valence-electron chi connectivity index (χ4n) is 0.896. The normalized spacial score (nSPS) is 8.64. The summed E-state index contributed by atoms with van der Waals surface area (Å²) in [4.78, 5) is 11.0. The summed E-state index contributed by atoms with van der Waals surface area (Å²) >= 11 is 5.80. The van der Waals surface area contributed by atoms with Crippen LogP contribution < -0.4 is 0 Å². The largest absolute Gasteiger partial charge is 0.465 e. The lowest BCUT2D eigenvalue weighted by atomic mass is 10.1. The Balaban J connectivity index is 0.000000791. The average Bonchev–Trinajstić information content (AvgIpc) is 2.20. The fourth-order valence-corrected chi connectivity index (χ4v) is 1.21. The molecule has 1 aromatic rings. The van der Waals surface area contributed by atoms with Gasteiger partial charge in [0.15, 0.2) is 0 Å². The second-order valence-electron chi connectivity index (χ2n) is 2.47. The van der Waals surface area contributed by atoms with Crippen molar-refractivity contribution >= 4 is 17.6 Å². The molecule has 0 saturated heterocycles. The Hall–Kier alpha value is -1.02. The smallest absolute Gasteiger partial charge is 0.339 e. The van der Waals surface area contributed by atoms with Gasteiger partial charge in [0.2, 0.25) is 0 Å². The van der Waals surface area contributed by atoms with E-state index in [0.717, 1.165) is 5.56 Å². The summed E-state index contributed by atoms with van der Waals surface area (Å²) < 4.78 is 4.53. The number of esters is 1. The molecule has 0 aliphatic carbocycles. The van der Waals surface area contributed by atoms with Crippen molar-refractivity contribution in [3.8, 4) is 0 Å². The molecule has 0 heterocycles. The molecular weight excluding hydrogens is 200 g/mol. The number of carbonyl (C=O) groups excluding carboxylic acids is 1. The zero-order valence-electron chi connectivity index (χ0n) is 8.93. The Labute approximate surface area is 89.8 Å². The number of methoxy groups -OCH3 is 1. The minimum absolute atomic E-state index is 0.403. The summed E-state index contributed by atoms with van der Waals surface area (Å²) in [5.41, 5.74) is 1.43. The highest BCUT2D eigenvalue weighted by molar-refractivity contribution is 6.33. The molecule has 1 rings (SSSR count). The van der Waals surface area contributed by atoms with Crippen molar-refractivity contribution in [1.29, 1.82) is 0 Å². The number of benzene rings is 1. The van der Waals surface area contributed by atoms with Crippen LogP contribution in [0.4, 0.5) is 0 Å². The van der Waals surface area contributed by atoms with Crippen LogP contribution in [-0.4, -0.2) is 13.1 Å². The number of rotatable bonds is 1. The number of carbonyl (C=O) groups is 1. The van der Waals surface area contributed by atoms with Crippen molar-refractivity contribution in [1.82, 2.24) is 0 Å². The van der Waals surface area contributed by atoms with E-state index in [2.05, 4.69) is 4.74 Å². The molecule has 14 heavy (non-hydrogen) atoms. The lowest BCUT2D eigenvalue weighted by molar-refractivity contribution is 0.0601. The topological polar surface area (TPSA) is 26.3 Å². The second kappa shape index (κ2) is 6.44. The Morgan fingerprint density at radius 3 is 2.36 bits per heavy atom. The van der Waals surface area contributed by atoms with Gasteiger partial charge in [0.05, 0.1) is 17.7 Å². The summed E-state index contributed by atoms with van der Waals surface area (Å²) in [6.07, 6.45) is 0. The van der Waals surface area contributed by atoms with Gasteiger partial charge in [0, 0.05) is 0 Å². The first-order valence-corrected chi connectivity index (χ1v) is 4.87. The molecule has 78 valence electrons. The molecule has 0 N–H and O–H groups in total. The van der Waals surface area contributed by atoms with Crippen LogP contribution in [-0.2, 0) is 4.74 Å². The SMILES string of the molecule is CC.COC(=O)c1ccc(C)cc1Cl. The second-order valence-corrected chi connectivity index (χ2v) is 2.88. The van der Waals surface area contributed by atoms with Crippen molar-refractivity contribution in [2.75, 3.05) is 7.11 Å². The first-order chi connectivity index (χ1) is 6.65. The summed E-state index contributed by atoms with van der Waals surface area (Å²) in [5, 5.41) is 0.432. The van der Waals surface area contributed by atoms with Crippen LogP contribution in [0.2, 0.25) is 5.02 Å². The van der Waals surface area contributed by atoms with Gasteiger partial charge in [-0.15, -0.1) is 0 Å². The average molecular weight is 215 g/mol. The van der Waals surface area contributed by atoms with E-state index in [1.807, 2.05) is 26.8 Å². The molecule has 3 heteroatoms. The summed E-state index contributed by atoms with van der Waals surface area (Å²) in [5.74, 6) is -0.403. The van der Waals surface area contributed by atoms with E-state index in [-0.39, 0.29) is 0 Å². The van der Waals surface area contributed by atoms with Gasteiger partial charge in [-0.2, -0.15) is 0 Å². The highest BCUT2D eigenvalue weighted by Gasteiger charge is 2.09. The maximum atomic E-state index is 11.0. The summed E-state index contributed by atoms with van der Waals surface area (Å²) in [6.45, 7) is 5.91.